The van der Waals surface area contributed by atoms with E-state index < -0.39 is 5.91 Å². The Morgan fingerprint density at radius 1 is 1.28 bits per heavy atom. The molecular formula is C18H19ClN2O4. The molecule has 0 aromatic heterocycles. The van der Waals surface area contributed by atoms with Crippen molar-refractivity contribution in [1.29, 1.82) is 0 Å². The highest BCUT2D eigenvalue weighted by atomic mass is 35.5. The third-order valence-electron chi connectivity index (χ3n) is 3.53. The van der Waals surface area contributed by atoms with Gasteiger partial charge in [-0.2, -0.15) is 5.10 Å². The molecule has 0 saturated heterocycles. The number of hydrazone groups is 1. The number of phenols is 1. The summed E-state index contributed by atoms with van der Waals surface area (Å²) < 4.78 is 10.4. The van der Waals surface area contributed by atoms with Crippen LogP contribution < -0.4 is 14.9 Å². The van der Waals surface area contributed by atoms with Gasteiger partial charge in [0.25, 0.3) is 5.91 Å². The fourth-order valence-electron chi connectivity index (χ4n) is 2.01. The molecule has 0 radical (unpaired) electrons. The number of amides is 1. The van der Waals surface area contributed by atoms with Gasteiger partial charge in [-0.25, -0.2) is 5.43 Å². The molecule has 0 fully saturated rings. The molecule has 6 nitrogen and oxygen atoms in total. The van der Waals surface area contributed by atoms with Crippen molar-refractivity contribution < 1.29 is 19.4 Å². The zero-order chi connectivity index (χ0) is 18.4. The molecule has 0 saturated carbocycles. The molecule has 0 atom stereocenters. The minimum Gasteiger partial charge on any atom is -0.504 e. The second-order valence-electron chi connectivity index (χ2n) is 5.37. The standard InChI is InChI=1S/C18H19ClN2O4/c1-11-4-5-15(6-12(11)2)25-10-17(22)21-20-9-13-7-14(19)8-16(24-3)18(13)23/h4-9,23H,10H2,1-3H3,(H,21,22)/b20-9-. The van der Waals surface area contributed by atoms with Crippen LogP contribution in [-0.4, -0.2) is 30.9 Å². The lowest BCUT2D eigenvalue weighted by Crippen LogP contribution is -2.24. The van der Waals surface area contributed by atoms with Gasteiger partial charge < -0.3 is 14.6 Å². The number of carbonyl (C=O) groups is 1. The van der Waals surface area contributed by atoms with E-state index in [0.29, 0.717) is 16.3 Å². The average molecular weight is 363 g/mol. The Labute approximate surface area is 151 Å². The fourth-order valence-corrected chi connectivity index (χ4v) is 2.22. The summed E-state index contributed by atoms with van der Waals surface area (Å²) in [6.45, 7) is 3.80. The third-order valence-corrected chi connectivity index (χ3v) is 3.75. The van der Waals surface area contributed by atoms with Crippen molar-refractivity contribution in [3.63, 3.8) is 0 Å². The lowest BCUT2D eigenvalue weighted by molar-refractivity contribution is -0.123. The number of phenolic OH excluding ortho intramolecular Hbond substituents is 1. The highest BCUT2D eigenvalue weighted by molar-refractivity contribution is 6.31. The molecule has 1 amide bonds. The van der Waals surface area contributed by atoms with Gasteiger partial charge in [0, 0.05) is 16.7 Å². The molecule has 0 spiro atoms. The molecule has 0 bridgehead atoms. The van der Waals surface area contributed by atoms with Crippen molar-refractivity contribution >= 4 is 23.7 Å². The zero-order valence-corrected chi connectivity index (χ0v) is 14.9. The fraction of sp³-hybridized carbons (Fsp3) is 0.222. The number of aromatic hydroxyl groups is 1. The quantitative estimate of drug-likeness (QED) is 0.611. The molecule has 0 aliphatic rings. The number of aryl methyl sites for hydroxylation is 2. The summed E-state index contributed by atoms with van der Waals surface area (Å²) in [5, 5.41) is 14.1. The Bertz CT molecular complexity index is 806. The number of rotatable bonds is 6. The number of ether oxygens (including phenoxy) is 2. The number of carbonyl (C=O) groups excluding carboxylic acids is 1. The molecule has 0 aliphatic carbocycles. The van der Waals surface area contributed by atoms with E-state index in [0.717, 1.165) is 11.1 Å². The van der Waals surface area contributed by atoms with Gasteiger partial charge in [-0.3, -0.25) is 4.79 Å². The molecule has 2 N–H and O–H groups in total. The average Bonchev–Trinajstić information content (AvgIpc) is 2.58. The van der Waals surface area contributed by atoms with Crippen molar-refractivity contribution in [3.05, 3.63) is 52.0 Å². The van der Waals surface area contributed by atoms with E-state index in [9.17, 15) is 9.90 Å². The first-order valence-corrected chi connectivity index (χ1v) is 7.87. The smallest absolute Gasteiger partial charge is 0.277 e. The zero-order valence-electron chi connectivity index (χ0n) is 14.2. The minimum absolute atomic E-state index is 0.115. The Morgan fingerprint density at radius 2 is 2.04 bits per heavy atom. The minimum atomic E-state index is -0.428. The van der Waals surface area contributed by atoms with Crippen molar-refractivity contribution in [2.75, 3.05) is 13.7 Å². The summed E-state index contributed by atoms with van der Waals surface area (Å²) >= 11 is 5.92. The number of halogens is 1. The Balaban J connectivity index is 1.92. The van der Waals surface area contributed by atoms with E-state index in [1.165, 1.54) is 25.5 Å². The SMILES string of the molecule is COc1cc(Cl)cc(/C=N\NC(=O)COc2ccc(C)c(C)c2)c1O. The van der Waals surface area contributed by atoms with Crippen LogP contribution in [0.4, 0.5) is 0 Å². The lowest BCUT2D eigenvalue weighted by atomic mass is 10.1. The predicted octanol–water partition coefficient (Wildman–Crippen LogP) is 3.20. The molecule has 0 aliphatic heterocycles. The summed E-state index contributed by atoms with van der Waals surface area (Å²) in [6, 6.07) is 8.57. The number of nitrogens with zero attached hydrogens (tertiary/aromatic N) is 1. The third kappa shape index (κ3) is 5.12. The molecule has 0 heterocycles. The summed E-state index contributed by atoms with van der Waals surface area (Å²) in [7, 11) is 1.41. The number of benzene rings is 2. The molecule has 7 heteroatoms. The van der Waals surface area contributed by atoms with E-state index in [1.807, 2.05) is 26.0 Å². The predicted molar refractivity (Wildman–Crippen MR) is 96.8 cm³/mol. The van der Waals surface area contributed by atoms with Crippen LogP contribution >= 0.6 is 11.6 Å². The number of nitrogens with one attached hydrogen (secondary N) is 1. The van der Waals surface area contributed by atoms with Crippen molar-refractivity contribution in [3.8, 4) is 17.2 Å². The molecule has 0 unspecified atom stereocenters. The Kier molecular flexibility index (Phi) is 6.25. The molecule has 2 rings (SSSR count). The van der Waals surface area contributed by atoms with Crippen LogP contribution in [0.15, 0.2) is 35.4 Å². The van der Waals surface area contributed by atoms with E-state index in [2.05, 4.69) is 10.5 Å². The van der Waals surface area contributed by atoms with Crippen molar-refractivity contribution in [2.24, 2.45) is 5.10 Å². The van der Waals surface area contributed by atoms with Crippen LogP contribution in [0.2, 0.25) is 5.02 Å². The van der Waals surface area contributed by atoms with Crippen LogP contribution in [0.3, 0.4) is 0 Å². The number of methoxy groups -OCH3 is 1. The van der Waals surface area contributed by atoms with E-state index in [4.69, 9.17) is 21.1 Å². The maximum absolute atomic E-state index is 11.8. The molecule has 2 aromatic rings. The lowest BCUT2D eigenvalue weighted by Gasteiger charge is -2.08. The van der Waals surface area contributed by atoms with E-state index in [-0.39, 0.29) is 18.1 Å². The van der Waals surface area contributed by atoms with Crippen LogP contribution in [-0.2, 0) is 4.79 Å². The maximum atomic E-state index is 11.8. The highest BCUT2D eigenvalue weighted by Crippen LogP contribution is 2.32. The second kappa shape index (κ2) is 8.39. The summed E-state index contributed by atoms with van der Waals surface area (Å²) in [5.74, 6) is 0.289. The first-order valence-electron chi connectivity index (χ1n) is 7.49. The topological polar surface area (TPSA) is 80.2 Å². The Morgan fingerprint density at radius 3 is 2.72 bits per heavy atom. The summed E-state index contributed by atoms with van der Waals surface area (Å²) in [5.41, 5.74) is 4.88. The monoisotopic (exact) mass is 362 g/mol. The van der Waals surface area contributed by atoms with Crippen LogP contribution in [0, 0.1) is 13.8 Å². The van der Waals surface area contributed by atoms with Gasteiger partial charge in [0.1, 0.15) is 5.75 Å². The van der Waals surface area contributed by atoms with Gasteiger partial charge in [-0.05, 0) is 43.2 Å². The maximum Gasteiger partial charge on any atom is 0.277 e. The summed E-state index contributed by atoms with van der Waals surface area (Å²) in [6.07, 6.45) is 1.28. The van der Waals surface area contributed by atoms with E-state index >= 15 is 0 Å². The van der Waals surface area contributed by atoms with Gasteiger partial charge >= 0.3 is 0 Å². The number of hydrogen-bond acceptors (Lipinski definition) is 5. The van der Waals surface area contributed by atoms with Gasteiger partial charge in [0.15, 0.2) is 18.1 Å². The first kappa shape index (κ1) is 18.6. The molecule has 2 aromatic carbocycles. The molecule has 132 valence electrons. The van der Waals surface area contributed by atoms with Gasteiger partial charge in [-0.1, -0.05) is 17.7 Å². The van der Waals surface area contributed by atoms with Crippen LogP contribution in [0.1, 0.15) is 16.7 Å². The second-order valence-corrected chi connectivity index (χ2v) is 5.81. The first-order chi connectivity index (χ1) is 11.9. The molecule has 25 heavy (non-hydrogen) atoms. The van der Waals surface area contributed by atoms with Crippen LogP contribution in [0.25, 0.3) is 0 Å². The van der Waals surface area contributed by atoms with Crippen molar-refractivity contribution in [2.45, 2.75) is 13.8 Å². The van der Waals surface area contributed by atoms with Gasteiger partial charge in [-0.15, -0.1) is 0 Å². The van der Waals surface area contributed by atoms with Gasteiger partial charge in [0.2, 0.25) is 0 Å². The van der Waals surface area contributed by atoms with Crippen molar-refractivity contribution in [1.82, 2.24) is 5.43 Å². The molecular weight excluding hydrogens is 344 g/mol. The Hall–Kier alpha value is -2.73. The largest absolute Gasteiger partial charge is 0.504 e. The number of hydrogen-bond donors (Lipinski definition) is 2. The highest BCUT2D eigenvalue weighted by Gasteiger charge is 2.08. The van der Waals surface area contributed by atoms with Crippen LogP contribution in [0.5, 0.6) is 17.2 Å². The normalized spacial score (nSPS) is 10.7. The van der Waals surface area contributed by atoms with E-state index in [1.54, 1.807) is 6.07 Å². The summed E-state index contributed by atoms with van der Waals surface area (Å²) in [4.78, 5) is 11.8. The van der Waals surface area contributed by atoms with Gasteiger partial charge in [0.05, 0.1) is 13.3 Å².